The van der Waals surface area contributed by atoms with Crippen molar-refractivity contribution in [2.75, 3.05) is 25.5 Å². The largest absolute Gasteiger partial charge is 0.398 e. The highest BCUT2D eigenvalue weighted by atomic mass is 32.2. The maximum atomic E-state index is 12.9. The number of hydrogen-bond donors (Lipinski definition) is 2. The highest BCUT2D eigenvalue weighted by molar-refractivity contribution is 7.89. The summed E-state index contributed by atoms with van der Waals surface area (Å²) in [5.74, 6) is -0.734. The topological polar surface area (TPSA) is 116 Å². The Morgan fingerprint density at radius 3 is 2.67 bits per heavy atom. The van der Waals surface area contributed by atoms with E-state index in [0.29, 0.717) is 5.56 Å². The fourth-order valence-electron chi connectivity index (χ4n) is 2.37. The van der Waals surface area contributed by atoms with Gasteiger partial charge in [0.15, 0.2) is 0 Å². The highest BCUT2D eigenvalue weighted by Gasteiger charge is 2.39. The number of benzene rings is 1. The van der Waals surface area contributed by atoms with Crippen LogP contribution in [0.1, 0.15) is 11.1 Å². The van der Waals surface area contributed by atoms with E-state index in [9.17, 15) is 13.2 Å². The highest BCUT2D eigenvalue weighted by Crippen LogP contribution is 2.30. The number of nitrogens with zero attached hydrogens (tertiary/aromatic N) is 1. The Kier molecular flexibility index (Phi) is 4.22. The van der Waals surface area contributed by atoms with Crippen LogP contribution < -0.4 is 11.5 Å². The van der Waals surface area contributed by atoms with Crippen LogP contribution in [0.2, 0.25) is 0 Å². The smallest absolute Gasteiger partial charge is 0.246 e. The summed E-state index contributed by atoms with van der Waals surface area (Å²) >= 11 is 0. The average molecular weight is 313 g/mol. The number of nitrogen functional groups attached to an aromatic ring is 1. The van der Waals surface area contributed by atoms with E-state index in [-0.39, 0.29) is 30.3 Å². The summed E-state index contributed by atoms with van der Waals surface area (Å²) < 4.78 is 32.0. The fraction of sp³-hybridized carbons (Fsp3) is 0.462. The summed E-state index contributed by atoms with van der Waals surface area (Å²) in [6.45, 7) is 3.74. The molecule has 116 valence electrons. The molecule has 1 aliphatic heterocycles. The van der Waals surface area contributed by atoms with E-state index in [2.05, 4.69) is 0 Å². The molecule has 0 aromatic heterocycles. The standard InChI is InChI=1S/C13H19N3O4S/c1-8-3-4-10(14)12(9(8)2)21(18,19)16-5-6-20-7-11(16)13(15)17/h3-4,11H,5-7,14H2,1-2H3,(H2,15,17). The van der Waals surface area contributed by atoms with Gasteiger partial charge in [0.1, 0.15) is 10.9 Å². The summed E-state index contributed by atoms with van der Waals surface area (Å²) in [6.07, 6.45) is 0. The van der Waals surface area contributed by atoms with Gasteiger partial charge in [0.25, 0.3) is 0 Å². The minimum atomic E-state index is -3.91. The Labute approximate surface area is 123 Å². The lowest BCUT2D eigenvalue weighted by atomic mass is 10.1. The Bertz CT molecular complexity index is 672. The molecule has 1 amide bonds. The summed E-state index contributed by atoms with van der Waals surface area (Å²) in [7, 11) is -3.91. The first-order chi connectivity index (χ1) is 9.76. The summed E-state index contributed by atoms with van der Waals surface area (Å²) in [5.41, 5.74) is 12.7. The van der Waals surface area contributed by atoms with Crippen LogP contribution in [0.15, 0.2) is 17.0 Å². The molecule has 1 saturated heterocycles. The van der Waals surface area contributed by atoms with E-state index in [1.807, 2.05) is 0 Å². The van der Waals surface area contributed by atoms with Crippen molar-refractivity contribution in [3.8, 4) is 0 Å². The summed E-state index contributed by atoms with van der Waals surface area (Å²) in [4.78, 5) is 11.5. The quantitative estimate of drug-likeness (QED) is 0.747. The number of morpholine rings is 1. The maximum Gasteiger partial charge on any atom is 0.246 e. The molecule has 1 heterocycles. The van der Waals surface area contributed by atoms with Crippen molar-refractivity contribution < 1.29 is 17.9 Å². The van der Waals surface area contributed by atoms with E-state index in [0.717, 1.165) is 9.87 Å². The van der Waals surface area contributed by atoms with Gasteiger partial charge in [-0.05, 0) is 31.0 Å². The van der Waals surface area contributed by atoms with Gasteiger partial charge in [0.2, 0.25) is 15.9 Å². The molecule has 0 radical (unpaired) electrons. The number of amides is 1. The summed E-state index contributed by atoms with van der Waals surface area (Å²) in [6, 6.07) is 2.30. The lowest BCUT2D eigenvalue weighted by Gasteiger charge is -2.33. The second-order valence-corrected chi connectivity index (χ2v) is 6.86. The number of sulfonamides is 1. The molecule has 0 spiro atoms. The fourth-order valence-corrected chi connectivity index (χ4v) is 4.33. The number of carbonyl (C=O) groups excluding carboxylic acids is 1. The second kappa shape index (κ2) is 5.63. The van der Waals surface area contributed by atoms with Crippen LogP contribution in [-0.2, 0) is 19.6 Å². The molecule has 0 saturated carbocycles. The zero-order valence-corrected chi connectivity index (χ0v) is 12.8. The SMILES string of the molecule is Cc1ccc(N)c(S(=O)(=O)N2CCOCC2C(N)=O)c1C. The zero-order valence-electron chi connectivity index (χ0n) is 12.0. The molecule has 0 bridgehead atoms. The third kappa shape index (κ3) is 2.74. The molecule has 4 N–H and O–H groups in total. The van der Waals surface area contributed by atoms with Gasteiger partial charge in [-0.2, -0.15) is 4.31 Å². The third-order valence-electron chi connectivity index (χ3n) is 3.68. The number of carbonyl (C=O) groups is 1. The Morgan fingerprint density at radius 2 is 2.05 bits per heavy atom. The zero-order chi connectivity index (χ0) is 15.8. The van der Waals surface area contributed by atoms with Crippen molar-refractivity contribution in [2.24, 2.45) is 5.73 Å². The number of aryl methyl sites for hydroxylation is 1. The monoisotopic (exact) mass is 313 g/mol. The molecule has 1 unspecified atom stereocenters. The first kappa shape index (κ1) is 15.7. The van der Waals surface area contributed by atoms with Crippen molar-refractivity contribution in [3.05, 3.63) is 23.3 Å². The van der Waals surface area contributed by atoms with Crippen molar-refractivity contribution >= 4 is 21.6 Å². The first-order valence-electron chi connectivity index (χ1n) is 6.51. The van der Waals surface area contributed by atoms with Crippen molar-refractivity contribution in [2.45, 2.75) is 24.8 Å². The molecule has 2 rings (SSSR count). The van der Waals surface area contributed by atoms with Crippen LogP contribution in [0.5, 0.6) is 0 Å². The first-order valence-corrected chi connectivity index (χ1v) is 7.95. The number of primary amides is 1. The molecule has 1 atom stereocenters. The molecule has 21 heavy (non-hydrogen) atoms. The number of nitrogens with two attached hydrogens (primary N) is 2. The second-order valence-electron chi connectivity index (χ2n) is 5.03. The number of hydrogen-bond acceptors (Lipinski definition) is 5. The predicted octanol–water partition coefficient (Wildman–Crippen LogP) is -0.240. The van der Waals surface area contributed by atoms with Crippen LogP contribution in [0.25, 0.3) is 0 Å². The minimum absolute atomic E-state index is 0.0376. The van der Waals surface area contributed by atoms with E-state index < -0.39 is 22.0 Å². The Hall–Kier alpha value is -1.64. The van der Waals surface area contributed by atoms with Gasteiger partial charge in [0, 0.05) is 6.54 Å². The predicted molar refractivity (Wildman–Crippen MR) is 78.0 cm³/mol. The van der Waals surface area contributed by atoms with E-state index >= 15 is 0 Å². The normalized spacial score (nSPS) is 20.4. The van der Waals surface area contributed by atoms with Crippen LogP contribution in [-0.4, -0.2) is 44.4 Å². The maximum absolute atomic E-state index is 12.9. The van der Waals surface area contributed by atoms with Crippen molar-refractivity contribution in [3.63, 3.8) is 0 Å². The van der Waals surface area contributed by atoms with Gasteiger partial charge in [0.05, 0.1) is 18.9 Å². The lowest BCUT2D eigenvalue weighted by molar-refractivity contribution is -0.125. The molecule has 1 aromatic rings. The van der Waals surface area contributed by atoms with E-state index in [1.165, 1.54) is 0 Å². The van der Waals surface area contributed by atoms with E-state index in [4.69, 9.17) is 16.2 Å². The van der Waals surface area contributed by atoms with Crippen LogP contribution in [0.4, 0.5) is 5.69 Å². The third-order valence-corrected chi connectivity index (χ3v) is 5.79. The van der Waals surface area contributed by atoms with Gasteiger partial charge >= 0.3 is 0 Å². The lowest BCUT2D eigenvalue weighted by Crippen LogP contribution is -2.54. The van der Waals surface area contributed by atoms with Gasteiger partial charge < -0.3 is 16.2 Å². The molecule has 7 nitrogen and oxygen atoms in total. The number of rotatable bonds is 3. The molecule has 1 fully saturated rings. The van der Waals surface area contributed by atoms with Gasteiger partial charge in [-0.15, -0.1) is 0 Å². The average Bonchev–Trinajstić information content (AvgIpc) is 2.43. The number of anilines is 1. The van der Waals surface area contributed by atoms with Gasteiger partial charge in [-0.3, -0.25) is 4.79 Å². The molecule has 1 aromatic carbocycles. The Morgan fingerprint density at radius 1 is 1.38 bits per heavy atom. The number of ether oxygens (including phenoxy) is 1. The van der Waals surface area contributed by atoms with Crippen LogP contribution in [0, 0.1) is 13.8 Å². The Balaban J connectivity index is 2.56. The van der Waals surface area contributed by atoms with Crippen molar-refractivity contribution in [1.29, 1.82) is 0 Å². The molecule has 1 aliphatic rings. The van der Waals surface area contributed by atoms with Crippen molar-refractivity contribution in [1.82, 2.24) is 4.31 Å². The molecular formula is C13H19N3O4S. The molecular weight excluding hydrogens is 294 g/mol. The summed E-state index contributed by atoms with van der Waals surface area (Å²) in [5, 5.41) is 0. The molecule has 8 heteroatoms. The van der Waals surface area contributed by atoms with Gasteiger partial charge in [-0.1, -0.05) is 6.07 Å². The molecule has 0 aliphatic carbocycles. The van der Waals surface area contributed by atoms with Gasteiger partial charge in [-0.25, -0.2) is 8.42 Å². The van der Waals surface area contributed by atoms with Crippen LogP contribution >= 0.6 is 0 Å². The minimum Gasteiger partial charge on any atom is -0.398 e. The van der Waals surface area contributed by atoms with Crippen LogP contribution in [0.3, 0.4) is 0 Å². The van der Waals surface area contributed by atoms with E-state index in [1.54, 1.807) is 26.0 Å².